The number of nitrogens with one attached hydrogen (secondary N) is 1. The van der Waals surface area contributed by atoms with Gasteiger partial charge in [-0.1, -0.05) is 24.9 Å². The van der Waals surface area contributed by atoms with Crippen LogP contribution in [0.2, 0.25) is 5.02 Å². The van der Waals surface area contributed by atoms with Gasteiger partial charge in [0.15, 0.2) is 0 Å². The van der Waals surface area contributed by atoms with Crippen LogP contribution in [0.4, 0.5) is 4.79 Å². The van der Waals surface area contributed by atoms with Crippen molar-refractivity contribution in [3.8, 4) is 0 Å². The fourth-order valence-corrected chi connectivity index (χ4v) is 6.12. The van der Waals surface area contributed by atoms with Crippen LogP contribution in [0.3, 0.4) is 0 Å². The van der Waals surface area contributed by atoms with Gasteiger partial charge in [-0.05, 0) is 49.5 Å². The molecule has 1 aromatic rings. The van der Waals surface area contributed by atoms with Gasteiger partial charge in [0.25, 0.3) is 11.8 Å². The van der Waals surface area contributed by atoms with Gasteiger partial charge < -0.3 is 15.0 Å². The molecule has 3 fully saturated rings. The molecule has 0 saturated carbocycles. The number of hydrogen-bond acceptors (Lipinski definition) is 5. The molecular formula is C21H28ClN3O4S. The minimum atomic E-state index is -0.875. The summed E-state index contributed by atoms with van der Waals surface area (Å²) in [6, 6.07) is 1.42. The summed E-state index contributed by atoms with van der Waals surface area (Å²) in [6.07, 6.45) is 4.53. The number of imide groups is 1. The highest BCUT2D eigenvalue weighted by Crippen LogP contribution is 2.38. The van der Waals surface area contributed by atoms with Crippen LogP contribution in [0.1, 0.15) is 55.1 Å². The number of amides is 4. The molecule has 1 aromatic heterocycles. The van der Waals surface area contributed by atoms with Crippen molar-refractivity contribution in [3.05, 3.63) is 21.3 Å². The van der Waals surface area contributed by atoms with Crippen molar-refractivity contribution in [1.29, 1.82) is 0 Å². The Morgan fingerprint density at radius 3 is 2.70 bits per heavy atom. The average Bonchev–Trinajstić information content (AvgIpc) is 3.46. The molecule has 7 nitrogen and oxygen atoms in total. The van der Waals surface area contributed by atoms with Crippen LogP contribution in [-0.2, 0) is 9.53 Å². The van der Waals surface area contributed by atoms with Crippen molar-refractivity contribution < 1.29 is 19.1 Å². The molecule has 1 N–H and O–H groups in total. The number of nitrogens with zero attached hydrogens (tertiary/aromatic N) is 2. The van der Waals surface area contributed by atoms with Gasteiger partial charge in [-0.3, -0.25) is 14.5 Å². The van der Waals surface area contributed by atoms with Crippen LogP contribution in [-0.4, -0.2) is 65.5 Å². The number of carbonyl (C=O) groups excluding carboxylic acids is 3. The van der Waals surface area contributed by atoms with Crippen LogP contribution in [0.15, 0.2) is 11.4 Å². The molecule has 164 valence electrons. The second-order valence-electron chi connectivity index (χ2n) is 8.37. The van der Waals surface area contributed by atoms with Gasteiger partial charge >= 0.3 is 6.03 Å². The van der Waals surface area contributed by atoms with E-state index < -0.39 is 5.54 Å². The van der Waals surface area contributed by atoms with Gasteiger partial charge in [-0.25, -0.2) is 4.79 Å². The molecule has 0 spiro atoms. The SMILES string of the molecule is CCCC1(C2CCN(C(=O)c3sccc3Cl)CC2)NC(=O)N(CC2CCCO2)C1=O. The zero-order chi connectivity index (χ0) is 21.3. The number of urea groups is 1. The van der Waals surface area contributed by atoms with E-state index in [0.29, 0.717) is 55.4 Å². The third-order valence-electron chi connectivity index (χ3n) is 6.55. The van der Waals surface area contributed by atoms with E-state index >= 15 is 0 Å². The highest BCUT2D eigenvalue weighted by Gasteiger charge is 2.55. The number of piperidine rings is 1. The van der Waals surface area contributed by atoms with Crippen molar-refractivity contribution >= 4 is 40.8 Å². The first-order chi connectivity index (χ1) is 14.5. The topological polar surface area (TPSA) is 79.0 Å². The smallest absolute Gasteiger partial charge is 0.325 e. The molecular weight excluding hydrogens is 426 g/mol. The van der Waals surface area contributed by atoms with E-state index in [1.54, 1.807) is 11.0 Å². The van der Waals surface area contributed by atoms with E-state index in [2.05, 4.69) is 5.32 Å². The van der Waals surface area contributed by atoms with Crippen LogP contribution in [0.25, 0.3) is 0 Å². The molecule has 3 aliphatic rings. The summed E-state index contributed by atoms with van der Waals surface area (Å²) in [6.45, 7) is 4.15. The average molecular weight is 454 g/mol. The first kappa shape index (κ1) is 21.6. The quantitative estimate of drug-likeness (QED) is 0.668. The van der Waals surface area contributed by atoms with Crippen molar-refractivity contribution in [3.63, 3.8) is 0 Å². The van der Waals surface area contributed by atoms with Crippen molar-refractivity contribution in [2.75, 3.05) is 26.2 Å². The molecule has 4 amide bonds. The van der Waals surface area contributed by atoms with Gasteiger partial charge in [0, 0.05) is 19.7 Å². The van der Waals surface area contributed by atoms with E-state index in [1.807, 2.05) is 12.3 Å². The monoisotopic (exact) mass is 453 g/mol. The summed E-state index contributed by atoms with van der Waals surface area (Å²) in [5.74, 6) is -0.179. The molecule has 4 rings (SSSR count). The third kappa shape index (κ3) is 3.85. The Hall–Kier alpha value is -1.64. The number of rotatable bonds is 6. The van der Waals surface area contributed by atoms with Gasteiger partial charge in [-0.15, -0.1) is 11.3 Å². The van der Waals surface area contributed by atoms with Gasteiger partial charge in [-0.2, -0.15) is 0 Å². The summed E-state index contributed by atoms with van der Waals surface area (Å²) < 4.78 is 5.64. The number of hydrogen-bond donors (Lipinski definition) is 1. The Balaban J connectivity index is 1.45. The standard InChI is InChI=1S/C21H28ClN3O4S/c1-2-8-21(19(27)25(20(28)23-21)13-15-4-3-11-29-15)14-5-9-24(10-6-14)18(26)17-16(22)7-12-30-17/h7,12,14-15H,2-6,8-11,13H2,1H3,(H,23,28). The number of halogens is 1. The molecule has 9 heteroatoms. The molecule has 30 heavy (non-hydrogen) atoms. The van der Waals surface area contributed by atoms with Gasteiger partial charge in [0.05, 0.1) is 17.7 Å². The van der Waals surface area contributed by atoms with E-state index in [4.69, 9.17) is 16.3 Å². The zero-order valence-electron chi connectivity index (χ0n) is 17.2. The lowest BCUT2D eigenvalue weighted by Crippen LogP contribution is -2.56. The summed E-state index contributed by atoms with van der Waals surface area (Å²) in [5.41, 5.74) is -0.875. The first-order valence-corrected chi connectivity index (χ1v) is 12.0. The van der Waals surface area contributed by atoms with Crippen molar-refractivity contribution in [1.82, 2.24) is 15.1 Å². The molecule has 0 radical (unpaired) electrons. The Morgan fingerprint density at radius 1 is 1.33 bits per heavy atom. The van der Waals surface area contributed by atoms with E-state index in [-0.39, 0.29) is 29.9 Å². The van der Waals surface area contributed by atoms with Gasteiger partial charge in [0.2, 0.25) is 0 Å². The second-order valence-corrected chi connectivity index (χ2v) is 9.69. The normalized spacial score (nSPS) is 27.7. The molecule has 3 aliphatic heterocycles. The maximum atomic E-state index is 13.5. The molecule has 3 saturated heterocycles. The highest BCUT2D eigenvalue weighted by molar-refractivity contribution is 7.12. The minimum Gasteiger partial charge on any atom is -0.376 e. The fourth-order valence-electron chi connectivity index (χ4n) is 5.01. The number of carbonyl (C=O) groups is 3. The predicted molar refractivity (Wildman–Crippen MR) is 115 cm³/mol. The van der Waals surface area contributed by atoms with E-state index in [0.717, 1.165) is 19.3 Å². The lowest BCUT2D eigenvalue weighted by molar-refractivity contribution is -0.135. The van der Waals surface area contributed by atoms with E-state index in [1.165, 1.54) is 16.2 Å². The molecule has 4 heterocycles. The Kier molecular flexibility index (Phi) is 6.36. The van der Waals surface area contributed by atoms with Crippen LogP contribution in [0.5, 0.6) is 0 Å². The Bertz CT molecular complexity index is 817. The van der Waals surface area contributed by atoms with Crippen LogP contribution < -0.4 is 5.32 Å². The number of thiophene rings is 1. The predicted octanol–water partition coefficient (Wildman–Crippen LogP) is 3.52. The lowest BCUT2D eigenvalue weighted by atomic mass is 9.74. The Morgan fingerprint density at radius 2 is 2.10 bits per heavy atom. The third-order valence-corrected chi connectivity index (χ3v) is 7.88. The molecule has 0 aliphatic carbocycles. The Labute approximate surface area is 185 Å². The number of ether oxygens (including phenoxy) is 1. The number of likely N-dealkylation sites (tertiary alicyclic amines) is 1. The fraction of sp³-hybridized carbons (Fsp3) is 0.667. The maximum Gasteiger partial charge on any atom is 0.325 e. The molecule has 2 atom stereocenters. The van der Waals surface area contributed by atoms with Gasteiger partial charge in [0.1, 0.15) is 10.4 Å². The maximum absolute atomic E-state index is 13.5. The van der Waals surface area contributed by atoms with Crippen molar-refractivity contribution in [2.45, 2.75) is 57.1 Å². The zero-order valence-corrected chi connectivity index (χ0v) is 18.8. The summed E-state index contributed by atoms with van der Waals surface area (Å²) in [4.78, 5) is 42.7. The van der Waals surface area contributed by atoms with Crippen LogP contribution in [0, 0.1) is 5.92 Å². The molecule has 0 aromatic carbocycles. The summed E-state index contributed by atoms with van der Waals surface area (Å²) in [5, 5.41) is 5.35. The molecule has 2 unspecified atom stereocenters. The largest absolute Gasteiger partial charge is 0.376 e. The van der Waals surface area contributed by atoms with Crippen molar-refractivity contribution in [2.24, 2.45) is 5.92 Å². The first-order valence-electron chi connectivity index (χ1n) is 10.7. The van der Waals surface area contributed by atoms with E-state index in [9.17, 15) is 14.4 Å². The summed E-state index contributed by atoms with van der Waals surface area (Å²) >= 11 is 7.47. The summed E-state index contributed by atoms with van der Waals surface area (Å²) in [7, 11) is 0. The second kappa shape index (κ2) is 8.85. The highest BCUT2D eigenvalue weighted by atomic mass is 35.5. The minimum absolute atomic E-state index is 0.00579. The molecule has 0 bridgehead atoms. The van der Waals surface area contributed by atoms with Crippen LogP contribution >= 0.6 is 22.9 Å². The lowest BCUT2D eigenvalue weighted by Gasteiger charge is -2.41.